The molecule has 0 aliphatic carbocycles. The van der Waals surface area contributed by atoms with Crippen molar-refractivity contribution in [2.45, 2.75) is 13.0 Å². The summed E-state index contributed by atoms with van der Waals surface area (Å²) in [6.45, 7) is 1.66. The van der Waals surface area contributed by atoms with E-state index in [1.165, 1.54) is 32.4 Å². The molecule has 1 amide bonds. The number of carbonyl (C=O) groups excluding carboxylic acids is 1. The third kappa shape index (κ3) is 5.85. The fourth-order valence-electron chi connectivity index (χ4n) is 3.08. The van der Waals surface area contributed by atoms with E-state index in [9.17, 15) is 14.9 Å². The Hall–Kier alpha value is -4.47. The summed E-state index contributed by atoms with van der Waals surface area (Å²) in [5, 5.41) is 16.8. The van der Waals surface area contributed by atoms with Gasteiger partial charge in [-0.1, -0.05) is 0 Å². The third-order valence-corrected chi connectivity index (χ3v) is 4.88. The van der Waals surface area contributed by atoms with E-state index in [0.717, 1.165) is 0 Å². The quantitative estimate of drug-likeness (QED) is 0.321. The molecule has 0 aromatic heterocycles. The Morgan fingerprint density at radius 3 is 2.12 bits per heavy atom. The second-order valence-electron chi connectivity index (χ2n) is 7.14. The first kappa shape index (κ1) is 24.2. The van der Waals surface area contributed by atoms with Gasteiger partial charge in [-0.3, -0.25) is 14.9 Å². The van der Waals surface area contributed by atoms with Crippen LogP contribution in [0.3, 0.4) is 0 Å². The highest BCUT2D eigenvalue weighted by Gasteiger charge is 2.18. The molecule has 0 aliphatic rings. The molecule has 1 unspecified atom stereocenters. The number of nitrogens with zero attached hydrogens (tertiary/aromatic N) is 1. The predicted molar refractivity (Wildman–Crippen MR) is 127 cm³/mol. The molecule has 0 heterocycles. The zero-order chi connectivity index (χ0) is 24.7. The van der Waals surface area contributed by atoms with Gasteiger partial charge in [0.25, 0.3) is 5.69 Å². The van der Waals surface area contributed by atoms with Crippen molar-refractivity contribution in [1.82, 2.24) is 0 Å². The summed E-state index contributed by atoms with van der Waals surface area (Å²) >= 11 is 0. The second kappa shape index (κ2) is 10.9. The Morgan fingerprint density at radius 2 is 1.50 bits per heavy atom. The Morgan fingerprint density at radius 1 is 0.853 bits per heavy atom. The fraction of sp³-hybridized carbons (Fsp3) is 0.208. The lowest BCUT2D eigenvalue weighted by molar-refractivity contribution is -0.384. The summed E-state index contributed by atoms with van der Waals surface area (Å²) in [4.78, 5) is 23.3. The van der Waals surface area contributed by atoms with Crippen LogP contribution in [0.15, 0.2) is 60.7 Å². The average Bonchev–Trinajstić information content (AvgIpc) is 2.84. The maximum atomic E-state index is 12.8. The van der Waals surface area contributed by atoms with Crippen molar-refractivity contribution < 1.29 is 28.7 Å². The van der Waals surface area contributed by atoms with Crippen molar-refractivity contribution in [2.24, 2.45) is 0 Å². The number of hydrogen-bond acceptors (Lipinski definition) is 8. The molecule has 10 nitrogen and oxygen atoms in total. The standard InChI is InChI=1S/C24H25N3O7/c1-15(24(28)26-20-14-17(27(29)30)6-12-21(20)32-3)25-16-5-11-22(33-4)23(13-16)34-19-9-7-18(31-2)8-10-19/h5-15,25H,1-4H3,(H,26,28). The maximum absolute atomic E-state index is 12.8. The number of amides is 1. The largest absolute Gasteiger partial charge is 0.497 e. The molecule has 3 aromatic rings. The highest BCUT2D eigenvalue weighted by molar-refractivity contribution is 5.97. The second-order valence-corrected chi connectivity index (χ2v) is 7.14. The number of rotatable bonds is 10. The molecular weight excluding hydrogens is 442 g/mol. The Bertz CT molecular complexity index is 1170. The van der Waals surface area contributed by atoms with Crippen LogP contribution < -0.4 is 29.6 Å². The lowest BCUT2D eigenvalue weighted by atomic mass is 10.2. The summed E-state index contributed by atoms with van der Waals surface area (Å²) in [5.74, 6) is 2.15. The summed E-state index contributed by atoms with van der Waals surface area (Å²) < 4.78 is 21.7. The van der Waals surface area contributed by atoms with Gasteiger partial charge in [-0.25, -0.2) is 0 Å². The molecule has 3 aromatic carbocycles. The molecule has 178 valence electrons. The molecular formula is C24H25N3O7. The number of anilines is 2. The number of nitro groups is 1. The molecule has 3 rings (SSSR count). The van der Waals surface area contributed by atoms with Crippen molar-refractivity contribution in [1.29, 1.82) is 0 Å². The first-order valence-corrected chi connectivity index (χ1v) is 10.2. The minimum atomic E-state index is -0.689. The van der Waals surface area contributed by atoms with Crippen molar-refractivity contribution in [3.63, 3.8) is 0 Å². The minimum absolute atomic E-state index is 0.160. The number of hydrogen-bond donors (Lipinski definition) is 2. The number of benzene rings is 3. The summed E-state index contributed by atoms with van der Waals surface area (Å²) in [6.07, 6.45) is 0. The van der Waals surface area contributed by atoms with Gasteiger partial charge in [-0.05, 0) is 49.4 Å². The van der Waals surface area contributed by atoms with Crippen LogP contribution in [0, 0.1) is 10.1 Å². The van der Waals surface area contributed by atoms with E-state index in [4.69, 9.17) is 18.9 Å². The van der Waals surface area contributed by atoms with E-state index in [1.807, 2.05) is 0 Å². The van der Waals surface area contributed by atoms with Crippen molar-refractivity contribution >= 4 is 23.0 Å². The topological polar surface area (TPSA) is 121 Å². The van der Waals surface area contributed by atoms with E-state index in [0.29, 0.717) is 34.4 Å². The molecule has 0 saturated carbocycles. The number of nitrogens with one attached hydrogen (secondary N) is 2. The number of methoxy groups -OCH3 is 3. The summed E-state index contributed by atoms with van der Waals surface area (Å²) in [7, 11) is 4.53. The molecule has 0 radical (unpaired) electrons. The van der Waals surface area contributed by atoms with Gasteiger partial charge in [0.1, 0.15) is 23.3 Å². The summed E-state index contributed by atoms with van der Waals surface area (Å²) in [5.41, 5.74) is 0.652. The van der Waals surface area contributed by atoms with Crippen LogP contribution in [0.1, 0.15) is 6.92 Å². The molecule has 0 aliphatic heterocycles. The van der Waals surface area contributed by atoms with Crippen LogP contribution in [0.2, 0.25) is 0 Å². The van der Waals surface area contributed by atoms with Gasteiger partial charge in [0.2, 0.25) is 5.91 Å². The number of nitro benzene ring substituents is 1. The van der Waals surface area contributed by atoms with Crippen molar-refractivity contribution in [3.8, 4) is 28.7 Å². The molecule has 1 atom stereocenters. The number of ether oxygens (including phenoxy) is 4. The molecule has 0 bridgehead atoms. The van der Waals surface area contributed by atoms with E-state index < -0.39 is 16.9 Å². The van der Waals surface area contributed by atoms with E-state index in [1.54, 1.807) is 56.5 Å². The zero-order valence-electron chi connectivity index (χ0n) is 19.2. The zero-order valence-corrected chi connectivity index (χ0v) is 19.2. The highest BCUT2D eigenvalue weighted by atomic mass is 16.6. The molecule has 0 saturated heterocycles. The third-order valence-electron chi connectivity index (χ3n) is 4.88. The van der Waals surface area contributed by atoms with E-state index in [-0.39, 0.29) is 11.4 Å². The van der Waals surface area contributed by atoms with Gasteiger partial charge < -0.3 is 29.6 Å². The molecule has 0 spiro atoms. The van der Waals surface area contributed by atoms with Crippen molar-refractivity contribution in [3.05, 3.63) is 70.8 Å². The Balaban J connectivity index is 1.74. The molecule has 0 fully saturated rings. The normalized spacial score (nSPS) is 11.2. The minimum Gasteiger partial charge on any atom is -0.497 e. The number of non-ortho nitro benzene ring substituents is 1. The van der Waals surface area contributed by atoms with E-state index in [2.05, 4.69) is 10.6 Å². The summed E-state index contributed by atoms with van der Waals surface area (Å²) in [6, 6.07) is 15.5. The van der Waals surface area contributed by atoms with Gasteiger partial charge in [-0.2, -0.15) is 0 Å². The lowest BCUT2D eigenvalue weighted by Gasteiger charge is -2.18. The maximum Gasteiger partial charge on any atom is 0.271 e. The highest BCUT2D eigenvalue weighted by Crippen LogP contribution is 2.35. The van der Waals surface area contributed by atoms with Crippen LogP contribution >= 0.6 is 0 Å². The predicted octanol–water partition coefficient (Wildman–Crippen LogP) is 4.85. The number of carbonyl (C=O) groups is 1. The van der Waals surface area contributed by atoms with Crippen molar-refractivity contribution in [2.75, 3.05) is 32.0 Å². The molecule has 2 N–H and O–H groups in total. The first-order valence-electron chi connectivity index (χ1n) is 10.2. The van der Waals surface area contributed by atoms with Crippen LogP contribution in [-0.4, -0.2) is 38.2 Å². The van der Waals surface area contributed by atoms with Crippen LogP contribution in [-0.2, 0) is 4.79 Å². The smallest absolute Gasteiger partial charge is 0.271 e. The fourth-order valence-corrected chi connectivity index (χ4v) is 3.08. The van der Waals surface area contributed by atoms with Crippen LogP contribution in [0.5, 0.6) is 28.7 Å². The van der Waals surface area contributed by atoms with Gasteiger partial charge >= 0.3 is 0 Å². The Labute approximate surface area is 196 Å². The van der Waals surface area contributed by atoms with Crippen LogP contribution in [0.25, 0.3) is 0 Å². The van der Waals surface area contributed by atoms with Crippen LogP contribution in [0.4, 0.5) is 17.1 Å². The van der Waals surface area contributed by atoms with Gasteiger partial charge in [-0.15, -0.1) is 0 Å². The molecule has 10 heteroatoms. The first-order chi connectivity index (χ1) is 16.3. The lowest BCUT2D eigenvalue weighted by Crippen LogP contribution is -2.32. The van der Waals surface area contributed by atoms with E-state index >= 15 is 0 Å². The SMILES string of the molecule is COc1ccc(Oc2cc(NC(C)C(=O)Nc3cc([N+](=O)[O-])ccc3OC)ccc2OC)cc1. The molecule has 34 heavy (non-hydrogen) atoms. The monoisotopic (exact) mass is 467 g/mol. The van der Waals surface area contributed by atoms with Gasteiger partial charge in [0.15, 0.2) is 11.5 Å². The van der Waals surface area contributed by atoms with Gasteiger partial charge in [0, 0.05) is 23.9 Å². The average molecular weight is 467 g/mol. The Kier molecular flexibility index (Phi) is 7.75. The van der Waals surface area contributed by atoms with Gasteiger partial charge in [0.05, 0.1) is 31.9 Å².